The van der Waals surface area contributed by atoms with E-state index in [1.54, 1.807) is 25.9 Å². The minimum atomic E-state index is -0.854. The Morgan fingerprint density at radius 1 is 1.41 bits per heavy atom. The van der Waals surface area contributed by atoms with Crippen molar-refractivity contribution in [2.24, 2.45) is 0 Å². The normalized spacial score (nSPS) is 18.0. The number of methoxy groups -OCH3 is 1. The second-order valence-electron chi connectivity index (χ2n) is 7.19. The summed E-state index contributed by atoms with van der Waals surface area (Å²) in [5.74, 6) is 0.776. The van der Waals surface area contributed by atoms with Crippen LogP contribution in [0, 0.1) is 6.92 Å². The van der Waals surface area contributed by atoms with Crippen molar-refractivity contribution in [1.29, 1.82) is 0 Å². The van der Waals surface area contributed by atoms with Gasteiger partial charge in [-0.2, -0.15) is 0 Å². The Morgan fingerprint density at radius 2 is 2.19 bits per heavy atom. The van der Waals surface area contributed by atoms with Crippen molar-refractivity contribution >= 4 is 5.91 Å². The molecule has 3 rings (SSSR count). The van der Waals surface area contributed by atoms with Gasteiger partial charge in [0.15, 0.2) is 0 Å². The third-order valence-corrected chi connectivity index (χ3v) is 4.99. The first-order valence-electron chi connectivity index (χ1n) is 9.26. The minimum absolute atomic E-state index is 0.0439. The SMILES string of the molecule is CCc1onc(C)c1-c1cccc([C@@H]2CN(C(=O)C(C)(C)OC)CCO2)n1. The van der Waals surface area contributed by atoms with Crippen molar-refractivity contribution in [2.75, 3.05) is 26.8 Å². The van der Waals surface area contributed by atoms with Crippen molar-refractivity contribution in [3.63, 3.8) is 0 Å². The predicted octanol–water partition coefficient (Wildman–Crippen LogP) is 2.93. The monoisotopic (exact) mass is 373 g/mol. The van der Waals surface area contributed by atoms with E-state index in [0.717, 1.165) is 34.8 Å². The number of nitrogens with zero attached hydrogens (tertiary/aromatic N) is 3. The van der Waals surface area contributed by atoms with Crippen LogP contribution in [0.5, 0.6) is 0 Å². The number of rotatable bonds is 5. The quantitative estimate of drug-likeness (QED) is 0.802. The Labute approximate surface area is 159 Å². The van der Waals surface area contributed by atoms with Gasteiger partial charge < -0.3 is 18.9 Å². The number of aromatic nitrogens is 2. The van der Waals surface area contributed by atoms with Crippen LogP contribution in [0.2, 0.25) is 0 Å². The lowest BCUT2D eigenvalue weighted by molar-refractivity contribution is -0.158. The van der Waals surface area contributed by atoms with Crippen LogP contribution in [0.25, 0.3) is 11.3 Å². The summed E-state index contributed by atoms with van der Waals surface area (Å²) >= 11 is 0. The summed E-state index contributed by atoms with van der Waals surface area (Å²) in [7, 11) is 1.55. The molecule has 0 unspecified atom stereocenters. The van der Waals surface area contributed by atoms with Crippen LogP contribution >= 0.6 is 0 Å². The standard InChI is InChI=1S/C20H27N3O4/c1-6-16-18(13(2)22-27-16)15-9-7-8-14(21-15)17-12-23(10-11-26-17)19(24)20(3,4)25-5/h7-9,17H,6,10-12H2,1-5H3/t17-/m0/s1. The molecule has 0 N–H and O–H groups in total. The first kappa shape index (κ1) is 19.5. The van der Waals surface area contributed by atoms with Gasteiger partial charge in [0.1, 0.15) is 17.5 Å². The topological polar surface area (TPSA) is 77.7 Å². The summed E-state index contributed by atoms with van der Waals surface area (Å²) in [6.45, 7) is 8.96. The summed E-state index contributed by atoms with van der Waals surface area (Å²) < 4.78 is 16.6. The molecular formula is C20H27N3O4. The van der Waals surface area contributed by atoms with Crippen LogP contribution in [0.15, 0.2) is 22.7 Å². The van der Waals surface area contributed by atoms with Crippen molar-refractivity contribution in [3.8, 4) is 11.3 Å². The number of hydrogen-bond donors (Lipinski definition) is 0. The summed E-state index contributed by atoms with van der Waals surface area (Å²) in [6, 6.07) is 5.83. The third-order valence-electron chi connectivity index (χ3n) is 4.99. The largest absolute Gasteiger partial charge is 0.369 e. The van der Waals surface area contributed by atoms with Gasteiger partial charge in [0.2, 0.25) is 0 Å². The highest BCUT2D eigenvalue weighted by atomic mass is 16.5. The molecule has 3 heterocycles. The van der Waals surface area contributed by atoms with Gasteiger partial charge in [-0.1, -0.05) is 18.1 Å². The first-order valence-corrected chi connectivity index (χ1v) is 9.26. The van der Waals surface area contributed by atoms with Crippen LogP contribution in [-0.2, 0) is 20.7 Å². The average Bonchev–Trinajstić information content (AvgIpc) is 3.08. The van der Waals surface area contributed by atoms with E-state index in [0.29, 0.717) is 19.7 Å². The molecule has 1 amide bonds. The van der Waals surface area contributed by atoms with Gasteiger partial charge in [-0.25, -0.2) is 4.98 Å². The highest BCUT2D eigenvalue weighted by molar-refractivity contribution is 5.84. The highest BCUT2D eigenvalue weighted by Gasteiger charge is 2.35. The van der Waals surface area contributed by atoms with E-state index >= 15 is 0 Å². The maximum atomic E-state index is 12.7. The van der Waals surface area contributed by atoms with Crippen LogP contribution < -0.4 is 0 Å². The molecule has 2 aromatic rings. The van der Waals surface area contributed by atoms with Gasteiger partial charge >= 0.3 is 0 Å². The Balaban J connectivity index is 1.85. The predicted molar refractivity (Wildman–Crippen MR) is 100 cm³/mol. The molecular weight excluding hydrogens is 346 g/mol. The van der Waals surface area contributed by atoms with Gasteiger partial charge in [0, 0.05) is 20.1 Å². The molecule has 1 aliphatic heterocycles. The van der Waals surface area contributed by atoms with Gasteiger partial charge in [0.25, 0.3) is 5.91 Å². The third kappa shape index (κ3) is 3.89. The molecule has 1 aliphatic rings. The Hall–Kier alpha value is -2.25. The summed E-state index contributed by atoms with van der Waals surface area (Å²) in [5, 5.41) is 4.06. The lowest BCUT2D eigenvalue weighted by Crippen LogP contribution is -2.51. The number of carbonyl (C=O) groups excluding carboxylic acids is 1. The number of hydrogen-bond acceptors (Lipinski definition) is 6. The fourth-order valence-corrected chi connectivity index (χ4v) is 3.24. The minimum Gasteiger partial charge on any atom is -0.369 e. The fraction of sp³-hybridized carbons (Fsp3) is 0.550. The molecule has 0 aliphatic carbocycles. The molecule has 1 fully saturated rings. The molecule has 0 spiro atoms. The molecule has 146 valence electrons. The second kappa shape index (κ2) is 7.78. The van der Waals surface area contributed by atoms with Gasteiger partial charge in [0.05, 0.1) is 35.8 Å². The van der Waals surface area contributed by atoms with Crippen LogP contribution in [0.4, 0.5) is 0 Å². The van der Waals surface area contributed by atoms with E-state index in [1.165, 1.54) is 0 Å². The molecule has 0 bridgehead atoms. The smallest absolute Gasteiger partial charge is 0.254 e. The van der Waals surface area contributed by atoms with E-state index in [9.17, 15) is 4.79 Å². The van der Waals surface area contributed by atoms with Crippen LogP contribution in [-0.4, -0.2) is 53.4 Å². The van der Waals surface area contributed by atoms with Gasteiger partial charge in [-0.15, -0.1) is 0 Å². The molecule has 0 aromatic carbocycles. The molecule has 7 nitrogen and oxygen atoms in total. The zero-order valence-corrected chi connectivity index (χ0v) is 16.6. The number of carbonyl (C=O) groups is 1. The average molecular weight is 373 g/mol. The number of ether oxygens (including phenoxy) is 2. The van der Waals surface area contributed by atoms with E-state index in [1.807, 2.05) is 32.0 Å². The zero-order valence-electron chi connectivity index (χ0n) is 16.6. The van der Waals surface area contributed by atoms with E-state index in [-0.39, 0.29) is 12.0 Å². The summed E-state index contributed by atoms with van der Waals surface area (Å²) in [6.07, 6.45) is 0.469. The Kier molecular flexibility index (Phi) is 5.62. The Morgan fingerprint density at radius 3 is 2.89 bits per heavy atom. The number of aryl methyl sites for hydroxylation is 2. The van der Waals surface area contributed by atoms with Crippen molar-refractivity contribution in [3.05, 3.63) is 35.3 Å². The lowest BCUT2D eigenvalue weighted by atomic mass is 10.0. The van der Waals surface area contributed by atoms with E-state index in [4.69, 9.17) is 19.0 Å². The number of morpholine rings is 1. The molecule has 0 radical (unpaired) electrons. The molecule has 27 heavy (non-hydrogen) atoms. The lowest BCUT2D eigenvalue weighted by Gasteiger charge is -2.36. The summed E-state index contributed by atoms with van der Waals surface area (Å²) in [4.78, 5) is 19.3. The van der Waals surface area contributed by atoms with Crippen molar-refractivity contribution in [1.82, 2.24) is 15.0 Å². The molecule has 1 atom stereocenters. The van der Waals surface area contributed by atoms with Crippen LogP contribution in [0.3, 0.4) is 0 Å². The Bertz CT molecular complexity index is 815. The fourth-order valence-electron chi connectivity index (χ4n) is 3.24. The van der Waals surface area contributed by atoms with Crippen molar-refractivity contribution < 1.29 is 18.8 Å². The van der Waals surface area contributed by atoms with E-state index in [2.05, 4.69) is 5.16 Å². The van der Waals surface area contributed by atoms with Gasteiger partial charge in [-0.3, -0.25) is 4.79 Å². The number of pyridine rings is 1. The molecule has 0 saturated carbocycles. The van der Waals surface area contributed by atoms with Crippen LogP contribution in [0.1, 0.15) is 44.0 Å². The number of amides is 1. The second-order valence-corrected chi connectivity index (χ2v) is 7.19. The molecule has 2 aromatic heterocycles. The van der Waals surface area contributed by atoms with Gasteiger partial charge in [-0.05, 0) is 32.9 Å². The summed E-state index contributed by atoms with van der Waals surface area (Å²) in [5.41, 5.74) is 2.51. The first-order chi connectivity index (χ1) is 12.9. The maximum absolute atomic E-state index is 12.7. The molecule has 1 saturated heterocycles. The van der Waals surface area contributed by atoms with E-state index < -0.39 is 5.60 Å². The van der Waals surface area contributed by atoms with Crippen molar-refractivity contribution in [2.45, 2.75) is 45.8 Å². The molecule has 7 heteroatoms. The highest BCUT2D eigenvalue weighted by Crippen LogP contribution is 2.29. The zero-order chi connectivity index (χ0) is 19.6. The maximum Gasteiger partial charge on any atom is 0.254 e.